The zero-order chi connectivity index (χ0) is 13.4. The smallest absolute Gasteiger partial charge is 0.346 e. The second-order valence-corrected chi connectivity index (χ2v) is 5.05. The maximum atomic E-state index is 11.9. The molecule has 0 aromatic heterocycles. The standard InChI is InChI=1S/C14H14N4O/c15-7-10-2-1-3-11(6-10)12-13(16)17-14(19)18(12)8-9-4-5-9/h1-3,6,9,12H,4-5,8H2,(H2,16,17,19). The molecule has 1 fully saturated rings. The minimum absolute atomic E-state index is 0.267. The van der Waals surface area contributed by atoms with E-state index in [9.17, 15) is 4.79 Å². The van der Waals surface area contributed by atoms with Crippen LogP contribution in [-0.4, -0.2) is 23.3 Å². The van der Waals surface area contributed by atoms with E-state index in [-0.39, 0.29) is 12.1 Å². The predicted molar refractivity (Wildman–Crippen MR) is 70.3 cm³/mol. The summed E-state index contributed by atoms with van der Waals surface area (Å²) in [6.07, 6.45) is 2.32. The Bertz CT molecular complexity index is 598. The molecule has 0 bridgehead atoms. The van der Waals surface area contributed by atoms with Crippen molar-refractivity contribution in [2.75, 3.05) is 6.54 Å². The van der Waals surface area contributed by atoms with E-state index in [4.69, 9.17) is 11.0 Å². The largest absolute Gasteiger partial charge is 0.385 e. The summed E-state index contributed by atoms with van der Waals surface area (Å²) < 4.78 is 0. The summed E-state index contributed by atoms with van der Waals surface area (Å²) in [6.45, 7) is 0.699. The molecule has 1 aromatic carbocycles. The number of amidine groups is 1. The van der Waals surface area contributed by atoms with Crippen LogP contribution >= 0.6 is 0 Å². The molecule has 2 amide bonds. The van der Waals surface area contributed by atoms with Crippen LogP contribution in [-0.2, 0) is 0 Å². The number of benzene rings is 1. The molecule has 1 saturated carbocycles. The quantitative estimate of drug-likeness (QED) is 0.892. The van der Waals surface area contributed by atoms with E-state index >= 15 is 0 Å². The van der Waals surface area contributed by atoms with Gasteiger partial charge in [0.2, 0.25) is 0 Å². The molecular weight excluding hydrogens is 240 g/mol. The second kappa shape index (κ2) is 4.39. The molecule has 1 aliphatic heterocycles. The van der Waals surface area contributed by atoms with Gasteiger partial charge in [-0.2, -0.15) is 10.3 Å². The van der Waals surface area contributed by atoms with Crippen LogP contribution in [0.25, 0.3) is 0 Å². The van der Waals surface area contributed by atoms with Crippen molar-refractivity contribution in [2.45, 2.75) is 18.9 Å². The van der Waals surface area contributed by atoms with E-state index in [0.29, 0.717) is 23.9 Å². The molecule has 1 unspecified atom stereocenters. The minimum Gasteiger partial charge on any atom is -0.385 e. The zero-order valence-corrected chi connectivity index (χ0v) is 10.4. The first-order valence-electron chi connectivity index (χ1n) is 6.34. The highest BCUT2D eigenvalue weighted by Gasteiger charge is 2.38. The maximum Gasteiger partial charge on any atom is 0.346 e. The summed E-state index contributed by atoms with van der Waals surface area (Å²) in [5, 5.41) is 8.95. The van der Waals surface area contributed by atoms with Crippen LogP contribution in [0.15, 0.2) is 29.3 Å². The van der Waals surface area contributed by atoms with Crippen molar-refractivity contribution in [1.82, 2.24) is 4.90 Å². The Morgan fingerprint density at radius 2 is 2.26 bits per heavy atom. The van der Waals surface area contributed by atoms with E-state index < -0.39 is 0 Å². The molecule has 2 aliphatic rings. The molecule has 0 spiro atoms. The van der Waals surface area contributed by atoms with Crippen LogP contribution in [0.5, 0.6) is 0 Å². The van der Waals surface area contributed by atoms with Crippen molar-refractivity contribution in [2.24, 2.45) is 16.6 Å². The van der Waals surface area contributed by atoms with E-state index in [2.05, 4.69) is 11.1 Å². The van der Waals surface area contributed by atoms with E-state index in [1.165, 1.54) is 0 Å². The lowest BCUT2D eigenvalue weighted by Gasteiger charge is -2.24. The van der Waals surface area contributed by atoms with Gasteiger partial charge >= 0.3 is 6.03 Å². The van der Waals surface area contributed by atoms with Crippen LogP contribution < -0.4 is 5.73 Å². The number of nitriles is 1. The minimum atomic E-state index is -0.318. The van der Waals surface area contributed by atoms with Gasteiger partial charge in [0.25, 0.3) is 0 Å². The lowest BCUT2D eigenvalue weighted by atomic mass is 10.0. The summed E-state index contributed by atoms with van der Waals surface area (Å²) in [5.74, 6) is 0.896. The van der Waals surface area contributed by atoms with Gasteiger partial charge in [0.15, 0.2) is 0 Å². The topological polar surface area (TPSA) is 82.5 Å². The van der Waals surface area contributed by atoms with Crippen LogP contribution in [0, 0.1) is 17.2 Å². The molecule has 19 heavy (non-hydrogen) atoms. The Labute approximate surface area is 111 Å². The molecule has 0 radical (unpaired) electrons. The summed E-state index contributed by atoms with van der Waals surface area (Å²) >= 11 is 0. The predicted octanol–water partition coefficient (Wildman–Crippen LogP) is 1.80. The monoisotopic (exact) mass is 254 g/mol. The second-order valence-electron chi connectivity index (χ2n) is 5.05. The highest BCUT2D eigenvalue weighted by Crippen LogP contribution is 2.35. The summed E-state index contributed by atoms with van der Waals surface area (Å²) in [7, 11) is 0. The number of rotatable bonds is 3. The van der Waals surface area contributed by atoms with Gasteiger partial charge in [0.05, 0.1) is 11.6 Å². The van der Waals surface area contributed by atoms with E-state index in [1.807, 2.05) is 6.07 Å². The molecular formula is C14H14N4O. The number of nitrogens with two attached hydrogens (primary N) is 1. The van der Waals surface area contributed by atoms with Gasteiger partial charge in [-0.25, -0.2) is 4.79 Å². The zero-order valence-electron chi connectivity index (χ0n) is 10.4. The number of carbonyl (C=O) groups excluding carboxylic acids is 1. The average molecular weight is 254 g/mol. The Balaban J connectivity index is 1.93. The molecule has 1 heterocycles. The highest BCUT2D eigenvalue weighted by atomic mass is 16.2. The first kappa shape index (κ1) is 11.7. The van der Waals surface area contributed by atoms with Gasteiger partial charge < -0.3 is 10.6 Å². The fourth-order valence-corrected chi connectivity index (χ4v) is 2.40. The van der Waals surface area contributed by atoms with Gasteiger partial charge in [-0.3, -0.25) is 0 Å². The molecule has 0 saturated heterocycles. The Morgan fingerprint density at radius 3 is 2.95 bits per heavy atom. The summed E-state index contributed by atoms with van der Waals surface area (Å²) in [6, 6.07) is 8.71. The van der Waals surface area contributed by atoms with Crippen molar-refractivity contribution < 1.29 is 4.79 Å². The lowest BCUT2D eigenvalue weighted by Crippen LogP contribution is -2.34. The Morgan fingerprint density at radius 1 is 1.47 bits per heavy atom. The van der Waals surface area contributed by atoms with Crippen molar-refractivity contribution in [3.05, 3.63) is 35.4 Å². The Kier molecular flexibility index (Phi) is 2.71. The van der Waals surface area contributed by atoms with Gasteiger partial charge in [-0.1, -0.05) is 12.1 Å². The highest BCUT2D eigenvalue weighted by molar-refractivity contribution is 6.03. The fourth-order valence-electron chi connectivity index (χ4n) is 2.40. The van der Waals surface area contributed by atoms with Gasteiger partial charge in [-0.15, -0.1) is 0 Å². The number of hydrogen-bond acceptors (Lipinski definition) is 3. The number of aliphatic imine (C=N–C) groups is 1. The molecule has 3 rings (SSSR count). The first-order chi connectivity index (χ1) is 9.19. The molecule has 5 heteroatoms. The third-order valence-electron chi connectivity index (χ3n) is 3.55. The molecule has 1 atom stereocenters. The number of urea groups is 1. The molecule has 1 aromatic rings. The molecule has 1 aliphatic carbocycles. The number of amides is 2. The average Bonchev–Trinajstić information content (AvgIpc) is 3.17. The first-order valence-corrected chi connectivity index (χ1v) is 6.34. The third kappa shape index (κ3) is 2.17. The van der Waals surface area contributed by atoms with Crippen LogP contribution in [0.1, 0.15) is 30.0 Å². The molecule has 5 nitrogen and oxygen atoms in total. The van der Waals surface area contributed by atoms with Crippen LogP contribution in [0.4, 0.5) is 4.79 Å². The van der Waals surface area contributed by atoms with Crippen LogP contribution in [0.2, 0.25) is 0 Å². The molecule has 96 valence electrons. The van der Waals surface area contributed by atoms with Crippen molar-refractivity contribution >= 4 is 11.9 Å². The van der Waals surface area contributed by atoms with Gasteiger partial charge in [0.1, 0.15) is 11.9 Å². The summed E-state index contributed by atoms with van der Waals surface area (Å²) in [4.78, 5) is 17.5. The van der Waals surface area contributed by atoms with Gasteiger partial charge in [-0.05, 0) is 36.5 Å². The maximum absolute atomic E-state index is 11.9. The normalized spacial score (nSPS) is 22.3. The van der Waals surface area contributed by atoms with E-state index in [0.717, 1.165) is 18.4 Å². The van der Waals surface area contributed by atoms with Crippen molar-refractivity contribution in [3.63, 3.8) is 0 Å². The number of hydrogen-bond donors (Lipinski definition) is 1. The fraction of sp³-hybridized carbons (Fsp3) is 0.357. The summed E-state index contributed by atoms with van der Waals surface area (Å²) in [5.41, 5.74) is 7.30. The third-order valence-corrected chi connectivity index (χ3v) is 3.55. The lowest BCUT2D eigenvalue weighted by molar-refractivity contribution is 0.204. The van der Waals surface area contributed by atoms with Gasteiger partial charge in [0, 0.05) is 6.54 Å². The van der Waals surface area contributed by atoms with Crippen molar-refractivity contribution in [1.29, 1.82) is 5.26 Å². The molecule has 2 N–H and O–H groups in total. The van der Waals surface area contributed by atoms with Crippen LogP contribution in [0.3, 0.4) is 0 Å². The number of carbonyl (C=O) groups is 1. The van der Waals surface area contributed by atoms with Crippen molar-refractivity contribution in [3.8, 4) is 6.07 Å². The van der Waals surface area contributed by atoms with E-state index in [1.54, 1.807) is 23.1 Å². The Hall–Kier alpha value is -2.35. The number of nitrogens with zero attached hydrogens (tertiary/aromatic N) is 3. The SMILES string of the molecule is N#Cc1cccc(C2C(N)=NC(=O)N2CC2CC2)c1.